The molecule has 27 heavy (non-hydrogen) atoms. The Morgan fingerprint density at radius 1 is 1.22 bits per heavy atom. The molecular formula is C20H28N2O5. The number of carbonyl (C=O) groups excluding carboxylic acids is 2. The quantitative estimate of drug-likeness (QED) is 0.877. The lowest BCUT2D eigenvalue weighted by Gasteiger charge is -2.29. The highest BCUT2D eigenvalue weighted by Gasteiger charge is 2.37. The van der Waals surface area contributed by atoms with Gasteiger partial charge in [0.05, 0.1) is 6.04 Å². The van der Waals surface area contributed by atoms with Gasteiger partial charge in [-0.3, -0.25) is 9.69 Å². The largest absolute Gasteiger partial charge is 0.486 e. The first-order chi connectivity index (χ1) is 12.7. The molecule has 2 aliphatic rings. The molecule has 7 nitrogen and oxygen atoms in total. The van der Waals surface area contributed by atoms with Gasteiger partial charge in [-0.05, 0) is 58.2 Å². The van der Waals surface area contributed by atoms with Gasteiger partial charge < -0.3 is 19.5 Å². The Balaban J connectivity index is 1.64. The molecule has 2 heterocycles. The number of carbonyl (C=O) groups is 2. The molecule has 2 aliphatic heterocycles. The summed E-state index contributed by atoms with van der Waals surface area (Å²) in [4.78, 5) is 26.7. The second-order valence-electron chi connectivity index (χ2n) is 7.97. The van der Waals surface area contributed by atoms with Crippen molar-refractivity contribution in [1.29, 1.82) is 0 Å². The Hall–Kier alpha value is -2.44. The van der Waals surface area contributed by atoms with E-state index in [2.05, 4.69) is 5.32 Å². The minimum atomic E-state index is -0.584. The van der Waals surface area contributed by atoms with E-state index in [-0.39, 0.29) is 11.9 Å². The van der Waals surface area contributed by atoms with Crippen molar-refractivity contribution in [2.75, 3.05) is 19.8 Å². The van der Waals surface area contributed by atoms with E-state index >= 15 is 0 Å². The first kappa shape index (κ1) is 19.3. The van der Waals surface area contributed by atoms with Crippen LogP contribution in [0.25, 0.3) is 0 Å². The zero-order valence-electron chi connectivity index (χ0n) is 16.4. The standard InChI is InChI=1S/C20H28N2O5/c1-13(14-7-8-16-17(12-14)26-11-10-25-16)21-18(23)15-6-5-9-22(15)19(24)27-20(2,3)4/h7-8,12-13,15H,5-6,9-11H2,1-4H3,(H,21,23). The summed E-state index contributed by atoms with van der Waals surface area (Å²) in [6.07, 6.45) is 0.987. The number of amides is 2. The molecule has 7 heteroatoms. The number of fused-ring (bicyclic) bond motifs is 1. The minimum Gasteiger partial charge on any atom is -0.486 e. The fourth-order valence-electron chi connectivity index (χ4n) is 3.30. The van der Waals surface area contributed by atoms with Crippen molar-refractivity contribution in [1.82, 2.24) is 10.2 Å². The maximum Gasteiger partial charge on any atom is 0.410 e. The highest BCUT2D eigenvalue weighted by atomic mass is 16.6. The highest BCUT2D eigenvalue weighted by Crippen LogP contribution is 2.32. The van der Waals surface area contributed by atoms with Gasteiger partial charge in [0.15, 0.2) is 11.5 Å². The van der Waals surface area contributed by atoms with Crippen molar-refractivity contribution in [2.45, 2.75) is 58.2 Å². The molecule has 1 aromatic rings. The van der Waals surface area contributed by atoms with Gasteiger partial charge in [0.25, 0.3) is 0 Å². The van der Waals surface area contributed by atoms with E-state index in [4.69, 9.17) is 14.2 Å². The van der Waals surface area contributed by atoms with Crippen molar-refractivity contribution in [3.05, 3.63) is 23.8 Å². The van der Waals surface area contributed by atoms with E-state index < -0.39 is 17.7 Å². The maximum absolute atomic E-state index is 12.8. The molecule has 148 valence electrons. The summed E-state index contributed by atoms with van der Waals surface area (Å²) >= 11 is 0. The maximum atomic E-state index is 12.8. The normalized spacial score (nSPS) is 20.1. The summed E-state index contributed by atoms with van der Waals surface area (Å²) < 4.78 is 16.6. The smallest absolute Gasteiger partial charge is 0.410 e. The molecular weight excluding hydrogens is 348 g/mol. The number of hydrogen-bond donors (Lipinski definition) is 1. The van der Waals surface area contributed by atoms with Gasteiger partial charge in [0, 0.05) is 6.54 Å². The summed E-state index contributed by atoms with van der Waals surface area (Å²) in [5.41, 5.74) is 0.341. The molecule has 2 atom stereocenters. The van der Waals surface area contributed by atoms with Crippen LogP contribution >= 0.6 is 0 Å². The summed E-state index contributed by atoms with van der Waals surface area (Å²) in [6.45, 7) is 8.96. The van der Waals surface area contributed by atoms with Gasteiger partial charge in [0.1, 0.15) is 24.9 Å². The van der Waals surface area contributed by atoms with Crippen molar-refractivity contribution in [3.63, 3.8) is 0 Å². The monoisotopic (exact) mass is 376 g/mol. The van der Waals surface area contributed by atoms with E-state index in [1.807, 2.05) is 45.9 Å². The lowest BCUT2D eigenvalue weighted by Crippen LogP contribution is -2.48. The molecule has 1 N–H and O–H groups in total. The van der Waals surface area contributed by atoms with Crippen molar-refractivity contribution in [2.24, 2.45) is 0 Å². The molecule has 1 aromatic carbocycles. The minimum absolute atomic E-state index is 0.166. The van der Waals surface area contributed by atoms with Gasteiger partial charge in [-0.25, -0.2) is 4.79 Å². The molecule has 1 fully saturated rings. The van der Waals surface area contributed by atoms with E-state index in [1.165, 1.54) is 4.90 Å². The second-order valence-corrected chi connectivity index (χ2v) is 7.97. The Labute approximate surface area is 160 Å². The number of nitrogens with one attached hydrogen (secondary N) is 1. The molecule has 2 unspecified atom stereocenters. The molecule has 0 bridgehead atoms. The van der Waals surface area contributed by atoms with Crippen LogP contribution in [0.1, 0.15) is 52.1 Å². The number of hydrogen-bond acceptors (Lipinski definition) is 5. The summed E-state index contributed by atoms with van der Waals surface area (Å²) in [5, 5.41) is 3.01. The van der Waals surface area contributed by atoms with Crippen LogP contribution in [0.15, 0.2) is 18.2 Å². The van der Waals surface area contributed by atoms with Crippen LogP contribution in [0.3, 0.4) is 0 Å². The zero-order chi connectivity index (χ0) is 19.6. The first-order valence-corrected chi connectivity index (χ1v) is 9.44. The highest BCUT2D eigenvalue weighted by molar-refractivity contribution is 5.86. The van der Waals surface area contributed by atoms with Crippen molar-refractivity contribution >= 4 is 12.0 Å². The number of rotatable bonds is 3. The summed E-state index contributed by atoms with van der Waals surface area (Å²) in [5.74, 6) is 1.24. The van der Waals surface area contributed by atoms with E-state index in [0.29, 0.717) is 31.9 Å². The van der Waals surface area contributed by atoms with E-state index in [0.717, 1.165) is 17.7 Å². The Morgan fingerprint density at radius 3 is 2.63 bits per heavy atom. The number of likely N-dealkylation sites (tertiary alicyclic amines) is 1. The molecule has 0 aliphatic carbocycles. The van der Waals surface area contributed by atoms with E-state index in [9.17, 15) is 9.59 Å². The van der Waals surface area contributed by atoms with Crippen LogP contribution in [0.5, 0.6) is 11.5 Å². The van der Waals surface area contributed by atoms with Crippen LogP contribution in [-0.4, -0.2) is 48.3 Å². The van der Waals surface area contributed by atoms with Gasteiger partial charge >= 0.3 is 6.09 Å². The third-order valence-corrected chi connectivity index (χ3v) is 4.61. The molecule has 1 saturated heterocycles. The van der Waals surface area contributed by atoms with Crippen molar-refractivity contribution in [3.8, 4) is 11.5 Å². The van der Waals surface area contributed by atoms with Gasteiger partial charge in [0.2, 0.25) is 5.91 Å². The van der Waals surface area contributed by atoms with Gasteiger partial charge in [-0.15, -0.1) is 0 Å². The predicted molar refractivity (Wildman–Crippen MR) is 100.0 cm³/mol. The van der Waals surface area contributed by atoms with Crippen LogP contribution in [0.4, 0.5) is 4.79 Å². The van der Waals surface area contributed by atoms with Gasteiger partial charge in [-0.1, -0.05) is 6.07 Å². The predicted octanol–water partition coefficient (Wildman–Crippen LogP) is 3.03. The van der Waals surface area contributed by atoms with Crippen LogP contribution in [-0.2, 0) is 9.53 Å². The fraction of sp³-hybridized carbons (Fsp3) is 0.600. The number of benzene rings is 1. The SMILES string of the molecule is CC(NC(=O)C1CCCN1C(=O)OC(C)(C)C)c1ccc2c(c1)OCCO2. The lowest BCUT2D eigenvalue weighted by atomic mass is 10.1. The molecule has 2 amide bonds. The number of nitrogens with zero attached hydrogens (tertiary/aromatic N) is 1. The summed E-state index contributed by atoms with van der Waals surface area (Å²) in [6, 6.07) is 4.95. The first-order valence-electron chi connectivity index (χ1n) is 9.44. The third-order valence-electron chi connectivity index (χ3n) is 4.61. The molecule has 3 rings (SSSR count). The molecule has 0 aromatic heterocycles. The molecule has 0 radical (unpaired) electrons. The topological polar surface area (TPSA) is 77.1 Å². The Morgan fingerprint density at radius 2 is 1.93 bits per heavy atom. The average Bonchev–Trinajstić information content (AvgIpc) is 3.10. The van der Waals surface area contributed by atoms with Gasteiger partial charge in [-0.2, -0.15) is 0 Å². The van der Waals surface area contributed by atoms with Crippen LogP contribution in [0, 0.1) is 0 Å². The third kappa shape index (κ3) is 4.64. The van der Waals surface area contributed by atoms with E-state index in [1.54, 1.807) is 0 Å². The summed E-state index contributed by atoms with van der Waals surface area (Å²) in [7, 11) is 0. The lowest BCUT2D eigenvalue weighted by molar-refractivity contribution is -0.126. The van der Waals surface area contributed by atoms with Crippen molar-refractivity contribution < 1.29 is 23.8 Å². The van der Waals surface area contributed by atoms with Crippen LogP contribution < -0.4 is 14.8 Å². The zero-order valence-corrected chi connectivity index (χ0v) is 16.4. The van der Waals surface area contributed by atoms with Crippen LogP contribution in [0.2, 0.25) is 0 Å². The average molecular weight is 376 g/mol. The molecule has 0 spiro atoms. The fourth-order valence-corrected chi connectivity index (χ4v) is 3.30. The second kappa shape index (κ2) is 7.66. The number of ether oxygens (including phenoxy) is 3. The molecule has 0 saturated carbocycles. The Kier molecular flexibility index (Phi) is 5.48. The Bertz CT molecular complexity index is 713.